The van der Waals surface area contributed by atoms with Gasteiger partial charge in [0, 0.05) is 13.1 Å². The van der Waals surface area contributed by atoms with Crippen LogP contribution in [0.3, 0.4) is 0 Å². The lowest BCUT2D eigenvalue weighted by molar-refractivity contribution is -0.383. The van der Waals surface area contributed by atoms with E-state index in [1.54, 1.807) is 18.2 Å². The number of nitrogens with one attached hydrogen (secondary N) is 2. The van der Waals surface area contributed by atoms with Gasteiger partial charge in [-0.1, -0.05) is 13.0 Å². The molecule has 1 saturated carbocycles. The molecule has 1 aromatic rings. The first-order valence-corrected chi connectivity index (χ1v) is 7.06. The van der Waals surface area contributed by atoms with Gasteiger partial charge in [-0.25, -0.2) is 0 Å². The standard InChI is InChI=1S/C14H21N3O3/c1-2-8-15-11-4-3-5-12(14(11)17(19)20)16-9-13(18)10-6-7-10/h3-5,10,13,15-16,18H,2,6-9H2,1H3. The number of aliphatic hydroxyl groups is 1. The number of benzene rings is 1. The molecule has 0 saturated heterocycles. The van der Waals surface area contributed by atoms with Crippen molar-refractivity contribution in [2.45, 2.75) is 32.3 Å². The lowest BCUT2D eigenvalue weighted by Gasteiger charge is -2.14. The first-order valence-electron chi connectivity index (χ1n) is 7.06. The van der Waals surface area contributed by atoms with Crippen LogP contribution in [0.2, 0.25) is 0 Å². The number of nitrogens with zero attached hydrogens (tertiary/aromatic N) is 1. The van der Waals surface area contributed by atoms with Gasteiger partial charge in [0.05, 0.1) is 11.0 Å². The van der Waals surface area contributed by atoms with Crippen LogP contribution in [0, 0.1) is 16.0 Å². The van der Waals surface area contributed by atoms with Crippen LogP contribution in [0.1, 0.15) is 26.2 Å². The monoisotopic (exact) mass is 279 g/mol. The van der Waals surface area contributed by atoms with E-state index < -0.39 is 6.10 Å². The molecule has 1 aliphatic carbocycles. The molecule has 20 heavy (non-hydrogen) atoms. The Kier molecular flexibility index (Phi) is 4.79. The van der Waals surface area contributed by atoms with E-state index in [2.05, 4.69) is 10.6 Å². The van der Waals surface area contributed by atoms with Crippen LogP contribution in [0.15, 0.2) is 18.2 Å². The number of nitro groups is 1. The normalized spacial score (nSPS) is 15.7. The molecule has 1 aliphatic rings. The van der Waals surface area contributed by atoms with Crippen LogP contribution in [0.5, 0.6) is 0 Å². The minimum Gasteiger partial charge on any atom is -0.391 e. The Hall–Kier alpha value is -1.82. The summed E-state index contributed by atoms with van der Waals surface area (Å²) in [4.78, 5) is 10.9. The average Bonchev–Trinajstić information content (AvgIpc) is 3.26. The fourth-order valence-corrected chi connectivity index (χ4v) is 2.15. The maximum atomic E-state index is 11.3. The summed E-state index contributed by atoms with van der Waals surface area (Å²) in [7, 11) is 0. The number of para-hydroxylation sites is 1. The van der Waals surface area contributed by atoms with Crippen LogP contribution in [0.4, 0.5) is 17.1 Å². The van der Waals surface area contributed by atoms with Gasteiger partial charge in [-0.15, -0.1) is 0 Å². The smallest absolute Gasteiger partial charge is 0.315 e. The molecule has 1 unspecified atom stereocenters. The zero-order valence-corrected chi connectivity index (χ0v) is 11.6. The number of nitro benzene ring substituents is 1. The van der Waals surface area contributed by atoms with Crippen molar-refractivity contribution in [1.29, 1.82) is 0 Å². The fraction of sp³-hybridized carbons (Fsp3) is 0.571. The third-order valence-corrected chi connectivity index (χ3v) is 3.45. The van der Waals surface area contributed by atoms with Crippen molar-refractivity contribution >= 4 is 17.1 Å². The molecule has 0 amide bonds. The topological polar surface area (TPSA) is 87.4 Å². The summed E-state index contributed by atoms with van der Waals surface area (Å²) in [6.07, 6.45) is 2.56. The highest BCUT2D eigenvalue weighted by Crippen LogP contribution is 2.35. The molecule has 6 heteroatoms. The number of rotatable bonds is 8. The van der Waals surface area contributed by atoms with Gasteiger partial charge < -0.3 is 15.7 Å². The fourth-order valence-electron chi connectivity index (χ4n) is 2.15. The molecule has 0 bridgehead atoms. The van der Waals surface area contributed by atoms with Crippen LogP contribution in [-0.4, -0.2) is 29.2 Å². The summed E-state index contributed by atoms with van der Waals surface area (Å²) in [6.45, 7) is 3.05. The highest BCUT2D eigenvalue weighted by Gasteiger charge is 2.30. The Morgan fingerprint density at radius 3 is 2.60 bits per heavy atom. The van der Waals surface area contributed by atoms with Crippen molar-refractivity contribution in [3.63, 3.8) is 0 Å². The van der Waals surface area contributed by atoms with Crippen molar-refractivity contribution in [1.82, 2.24) is 0 Å². The number of hydrogen-bond acceptors (Lipinski definition) is 5. The predicted octanol–water partition coefficient (Wildman–Crippen LogP) is 2.60. The number of anilines is 2. The van der Waals surface area contributed by atoms with E-state index in [9.17, 15) is 15.2 Å². The van der Waals surface area contributed by atoms with Gasteiger partial charge in [0.2, 0.25) is 0 Å². The maximum Gasteiger partial charge on any atom is 0.315 e. The first kappa shape index (κ1) is 14.6. The molecule has 1 fully saturated rings. The summed E-state index contributed by atoms with van der Waals surface area (Å²) in [5.41, 5.74) is 1.02. The molecule has 0 spiro atoms. The third kappa shape index (κ3) is 3.60. The second-order valence-corrected chi connectivity index (χ2v) is 5.17. The van der Waals surface area contributed by atoms with Gasteiger partial charge in [-0.2, -0.15) is 0 Å². The van der Waals surface area contributed by atoms with E-state index in [1.165, 1.54) is 0 Å². The summed E-state index contributed by atoms with van der Waals surface area (Å²) < 4.78 is 0. The van der Waals surface area contributed by atoms with Crippen LogP contribution < -0.4 is 10.6 Å². The van der Waals surface area contributed by atoms with Gasteiger partial charge in [0.15, 0.2) is 0 Å². The lowest BCUT2D eigenvalue weighted by Crippen LogP contribution is -2.21. The minimum atomic E-state index is -0.429. The summed E-state index contributed by atoms with van der Waals surface area (Å²) in [5, 5.41) is 27.2. The molecule has 0 aromatic heterocycles. The molecule has 3 N–H and O–H groups in total. The zero-order valence-electron chi connectivity index (χ0n) is 11.6. The van der Waals surface area contributed by atoms with E-state index in [1.807, 2.05) is 6.92 Å². The molecular formula is C14H21N3O3. The first-order chi connectivity index (χ1) is 9.63. The SMILES string of the molecule is CCCNc1cccc(NCC(O)C2CC2)c1[N+](=O)[O-]. The van der Waals surface area contributed by atoms with Crippen molar-refractivity contribution < 1.29 is 10.0 Å². The number of aliphatic hydroxyl groups excluding tert-OH is 1. The molecule has 0 radical (unpaired) electrons. The quantitative estimate of drug-likeness (QED) is 0.503. The Balaban J connectivity index is 2.11. The van der Waals surface area contributed by atoms with E-state index in [-0.39, 0.29) is 10.6 Å². The molecule has 0 heterocycles. The van der Waals surface area contributed by atoms with Crippen LogP contribution in [-0.2, 0) is 0 Å². The van der Waals surface area contributed by atoms with E-state index in [0.717, 1.165) is 19.3 Å². The third-order valence-electron chi connectivity index (χ3n) is 3.45. The zero-order chi connectivity index (χ0) is 14.5. The molecule has 6 nitrogen and oxygen atoms in total. The maximum absolute atomic E-state index is 11.3. The predicted molar refractivity (Wildman–Crippen MR) is 79.1 cm³/mol. The molecule has 1 aromatic carbocycles. The van der Waals surface area contributed by atoms with E-state index >= 15 is 0 Å². The Morgan fingerprint density at radius 2 is 2.05 bits per heavy atom. The molecule has 110 valence electrons. The van der Waals surface area contributed by atoms with Crippen LogP contribution >= 0.6 is 0 Å². The van der Waals surface area contributed by atoms with Crippen molar-refractivity contribution in [2.75, 3.05) is 23.7 Å². The Bertz CT molecular complexity index is 475. The minimum absolute atomic E-state index is 0.0453. The molecule has 0 aliphatic heterocycles. The Labute approximate surface area is 118 Å². The van der Waals surface area contributed by atoms with Gasteiger partial charge in [-0.3, -0.25) is 10.1 Å². The largest absolute Gasteiger partial charge is 0.391 e. The van der Waals surface area contributed by atoms with E-state index in [4.69, 9.17) is 0 Å². The van der Waals surface area contributed by atoms with Gasteiger partial charge in [0.25, 0.3) is 0 Å². The van der Waals surface area contributed by atoms with Crippen molar-refractivity contribution in [3.05, 3.63) is 28.3 Å². The van der Waals surface area contributed by atoms with Crippen LogP contribution in [0.25, 0.3) is 0 Å². The second kappa shape index (κ2) is 6.56. The second-order valence-electron chi connectivity index (χ2n) is 5.17. The molecular weight excluding hydrogens is 258 g/mol. The lowest BCUT2D eigenvalue weighted by atomic mass is 10.2. The Morgan fingerprint density at radius 1 is 1.40 bits per heavy atom. The summed E-state index contributed by atoms with van der Waals surface area (Å²) in [5.74, 6) is 0.350. The van der Waals surface area contributed by atoms with Gasteiger partial charge in [0.1, 0.15) is 11.4 Å². The summed E-state index contributed by atoms with van der Waals surface area (Å²) >= 11 is 0. The van der Waals surface area contributed by atoms with Crippen molar-refractivity contribution in [3.8, 4) is 0 Å². The summed E-state index contributed by atoms with van der Waals surface area (Å²) in [6, 6.07) is 5.15. The molecule has 2 rings (SSSR count). The van der Waals surface area contributed by atoms with Gasteiger partial charge in [-0.05, 0) is 37.3 Å². The highest BCUT2D eigenvalue weighted by atomic mass is 16.6. The molecule has 1 atom stereocenters. The highest BCUT2D eigenvalue weighted by molar-refractivity contribution is 5.76. The number of hydrogen-bond donors (Lipinski definition) is 3. The average molecular weight is 279 g/mol. The van der Waals surface area contributed by atoms with E-state index in [0.29, 0.717) is 30.4 Å². The van der Waals surface area contributed by atoms with Crippen molar-refractivity contribution in [2.24, 2.45) is 5.92 Å². The van der Waals surface area contributed by atoms with Gasteiger partial charge >= 0.3 is 5.69 Å².